The highest BCUT2D eigenvalue weighted by atomic mass is 19.4. The maximum atomic E-state index is 13.3. The Hall–Kier alpha value is -3.42. The summed E-state index contributed by atoms with van der Waals surface area (Å²) in [5.41, 5.74) is 1.72. The normalized spacial score (nSPS) is 14.6. The summed E-state index contributed by atoms with van der Waals surface area (Å²) in [6.07, 6.45) is -3.07. The first-order chi connectivity index (χ1) is 14.8. The van der Waals surface area contributed by atoms with Crippen molar-refractivity contribution in [2.24, 2.45) is 0 Å². The molecule has 8 heteroatoms. The minimum Gasteiger partial charge on any atom is -0.353 e. The lowest BCUT2D eigenvalue weighted by molar-refractivity contribution is -0.138. The number of rotatable bonds is 3. The molecule has 1 aromatic heterocycles. The summed E-state index contributed by atoms with van der Waals surface area (Å²) in [6, 6.07) is 14.8. The van der Waals surface area contributed by atoms with Gasteiger partial charge < -0.3 is 9.80 Å². The highest BCUT2D eigenvalue weighted by Gasteiger charge is 2.36. The molecular weight excluding hydrogens is 405 g/mol. The Bertz CT molecular complexity index is 1070. The number of alkyl halides is 3. The van der Waals surface area contributed by atoms with Gasteiger partial charge in [-0.2, -0.15) is 13.2 Å². The van der Waals surface area contributed by atoms with E-state index < -0.39 is 17.6 Å². The molecule has 0 bridgehead atoms. The first kappa shape index (κ1) is 20.8. The SMILES string of the molecule is Cc1ccc(-c2cc(N3CCN(C(=O)c4ccccc4C(F)(F)F)CC3)ncn2)cc1. The van der Waals surface area contributed by atoms with Gasteiger partial charge in [0.15, 0.2) is 0 Å². The molecule has 2 aromatic carbocycles. The van der Waals surface area contributed by atoms with Crippen LogP contribution >= 0.6 is 0 Å². The van der Waals surface area contributed by atoms with Crippen molar-refractivity contribution < 1.29 is 18.0 Å². The average Bonchev–Trinajstić information content (AvgIpc) is 2.79. The number of benzene rings is 2. The molecule has 0 aliphatic carbocycles. The maximum Gasteiger partial charge on any atom is 0.417 e. The van der Waals surface area contributed by atoms with Gasteiger partial charge in [-0.15, -0.1) is 0 Å². The van der Waals surface area contributed by atoms with E-state index in [9.17, 15) is 18.0 Å². The molecule has 1 aliphatic rings. The fourth-order valence-corrected chi connectivity index (χ4v) is 3.63. The first-order valence-electron chi connectivity index (χ1n) is 9.92. The molecular formula is C23H21F3N4O. The van der Waals surface area contributed by atoms with Crippen molar-refractivity contribution in [3.05, 3.63) is 77.6 Å². The molecule has 0 saturated carbocycles. The highest BCUT2D eigenvalue weighted by molar-refractivity contribution is 5.96. The molecule has 1 saturated heterocycles. The zero-order chi connectivity index (χ0) is 22.0. The van der Waals surface area contributed by atoms with E-state index in [0.29, 0.717) is 26.2 Å². The Balaban J connectivity index is 1.47. The topological polar surface area (TPSA) is 49.3 Å². The molecule has 1 fully saturated rings. The Morgan fingerprint density at radius 3 is 2.29 bits per heavy atom. The van der Waals surface area contributed by atoms with Gasteiger partial charge in [0.05, 0.1) is 16.8 Å². The van der Waals surface area contributed by atoms with Crippen molar-refractivity contribution in [3.8, 4) is 11.3 Å². The number of carbonyl (C=O) groups excluding carboxylic acids is 1. The number of amides is 1. The number of nitrogens with zero attached hydrogens (tertiary/aromatic N) is 4. The largest absolute Gasteiger partial charge is 0.417 e. The van der Waals surface area contributed by atoms with Gasteiger partial charge in [0.25, 0.3) is 5.91 Å². The minimum absolute atomic E-state index is 0.313. The van der Waals surface area contributed by atoms with Gasteiger partial charge in [-0.3, -0.25) is 4.79 Å². The van der Waals surface area contributed by atoms with E-state index >= 15 is 0 Å². The zero-order valence-electron chi connectivity index (χ0n) is 16.9. The number of anilines is 1. The fraction of sp³-hybridized carbons (Fsp3) is 0.261. The van der Waals surface area contributed by atoms with Crippen molar-refractivity contribution in [2.45, 2.75) is 13.1 Å². The molecule has 160 valence electrons. The number of halogens is 3. The molecule has 1 amide bonds. The van der Waals surface area contributed by atoms with E-state index in [4.69, 9.17) is 0 Å². The first-order valence-corrected chi connectivity index (χ1v) is 9.92. The summed E-state index contributed by atoms with van der Waals surface area (Å²) >= 11 is 0. The van der Waals surface area contributed by atoms with Crippen molar-refractivity contribution in [3.63, 3.8) is 0 Å². The van der Waals surface area contributed by atoms with E-state index in [0.717, 1.165) is 28.7 Å². The molecule has 0 atom stereocenters. The van der Waals surface area contributed by atoms with Crippen LogP contribution in [0.1, 0.15) is 21.5 Å². The smallest absolute Gasteiger partial charge is 0.353 e. The van der Waals surface area contributed by atoms with Crippen LogP contribution in [0.3, 0.4) is 0 Å². The fourth-order valence-electron chi connectivity index (χ4n) is 3.63. The lowest BCUT2D eigenvalue weighted by Gasteiger charge is -2.35. The van der Waals surface area contributed by atoms with Crippen molar-refractivity contribution in [1.29, 1.82) is 0 Å². The second kappa shape index (κ2) is 8.37. The van der Waals surface area contributed by atoms with Gasteiger partial charge in [-0.25, -0.2) is 9.97 Å². The molecule has 31 heavy (non-hydrogen) atoms. The van der Waals surface area contributed by atoms with Crippen LogP contribution < -0.4 is 4.90 Å². The van der Waals surface area contributed by atoms with Crippen LogP contribution in [0.4, 0.5) is 19.0 Å². The van der Waals surface area contributed by atoms with Crippen LogP contribution in [0.5, 0.6) is 0 Å². The number of aromatic nitrogens is 2. The zero-order valence-corrected chi connectivity index (χ0v) is 16.9. The van der Waals surface area contributed by atoms with Crippen molar-refractivity contribution >= 4 is 11.7 Å². The molecule has 0 N–H and O–H groups in total. The third kappa shape index (κ3) is 4.52. The Kier molecular flexibility index (Phi) is 5.63. The van der Waals surface area contributed by atoms with E-state index in [2.05, 4.69) is 9.97 Å². The second-order valence-corrected chi connectivity index (χ2v) is 7.45. The summed E-state index contributed by atoms with van der Waals surface area (Å²) < 4.78 is 39.8. The van der Waals surface area contributed by atoms with Crippen LogP contribution in [-0.2, 0) is 6.18 Å². The van der Waals surface area contributed by atoms with Gasteiger partial charge in [0, 0.05) is 37.8 Å². The van der Waals surface area contributed by atoms with Crippen molar-refractivity contribution in [2.75, 3.05) is 31.1 Å². The monoisotopic (exact) mass is 426 g/mol. The summed E-state index contributed by atoms with van der Waals surface area (Å²) in [4.78, 5) is 24.9. The minimum atomic E-state index is -4.57. The summed E-state index contributed by atoms with van der Waals surface area (Å²) in [5.74, 6) is 0.129. The van der Waals surface area contributed by atoms with Gasteiger partial charge in [0.2, 0.25) is 0 Å². The summed E-state index contributed by atoms with van der Waals surface area (Å²) in [5, 5.41) is 0. The van der Waals surface area contributed by atoms with Gasteiger partial charge in [-0.05, 0) is 19.1 Å². The predicted octanol–water partition coefficient (Wildman–Crippen LogP) is 4.43. The molecule has 0 radical (unpaired) electrons. The maximum absolute atomic E-state index is 13.3. The van der Waals surface area contributed by atoms with Crippen molar-refractivity contribution in [1.82, 2.24) is 14.9 Å². The number of hydrogen-bond donors (Lipinski definition) is 0. The van der Waals surface area contributed by atoms with Gasteiger partial charge in [-0.1, -0.05) is 42.0 Å². The van der Waals surface area contributed by atoms with Gasteiger partial charge >= 0.3 is 6.18 Å². The third-order valence-electron chi connectivity index (χ3n) is 5.35. The quantitative estimate of drug-likeness (QED) is 0.622. The Labute approximate surface area is 178 Å². The average molecular weight is 426 g/mol. The molecule has 0 spiro atoms. The highest BCUT2D eigenvalue weighted by Crippen LogP contribution is 2.32. The standard InChI is InChI=1S/C23H21F3N4O/c1-16-6-8-17(9-7-16)20-14-21(28-15-27-20)29-10-12-30(13-11-29)22(31)18-4-2-3-5-19(18)23(24,25)26/h2-9,14-15H,10-13H2,1H3. The second-order valence-electron chi connectivity index (χ2n) is 7.45. The molecule has 1 aliphatic heterocycles. The van der Waals surface area contributed by atoms with E-state index in [1.807, 2.05) is 42.2 Å². The predicted molar refractivity (Wildman–Crippen MR) is 112 cm³/mol. The Morgan fingerprint density at radius 1 is 0.935 bits per heavy atom. The summed E-state index contributed by atoms with van der Waals surface area (Å²) in [7, 11) is 0. The van der Waals surface area contributed by atoms with E-state index in [1.165, 1.54) is 29.4 Å². The lowest BCUT2D eigenvalue weighted by atomic mass is 10.1. The molecule has 4 rings (SSSR count). The molecule has 5 nitrogen and oxygen atoms in total. The number of hydrogen-bond acceptors (Lipinski definition) is 4. The number of piperazine rings is 1. The third-order valence-corrected chi connectivity index (χ3v) is 5.35. The molecule has 0 unspecified atom stereocenters. The molecule has 2 heterocycles. The molecule has 3 aromatic rings. The van der Waals surface area contributed by atoms with E-state index in [1.54, 1.807) is 0 Å². The van der Waals surface area contributed by atoms with Crippen LogP contribution in [0.2, 0.25) is 0 Å². The van der Waals surface area contributed by atoms with Gasteiger partial charge in [0.1, 0.15) is 12.1 Å². The number of carbonyl (C=O) groups is 1. The van der Waals surface area contributed by atoms with Crippen LogP contribution in [0, 0.1) is 6.92 Å². The number of aryl methyl sites for hydroxylation is 1. The lowest BCUT2D eigenvalue weighted by Crippen LogP contribution is -2.49. The Morgan fingerprint density at radius 2 is 1.61 bits per heavy atom. The van der Waals surface area contributed by atoms with Crippen LogP contribution in [0.15, 0.2) is 60.9 Å². The van der Waals surface area contributed by atoms with Crippen LogP contribution in [0.25, 0.3) is 11.3 Å². The summed E-state index contributed by atoms with van der Waals surface area (Å²) in [6.45, 7) is 3.60. The van der Waals surface area contributed by atoms with Crippen LogP contribution in [-0.4, -0.2) is 47.0 Å². The van der Waals surface area contributed by atoms with E-state index in [-0.39, 0.29) is 5.56 Å².